The predicted octanol–water partition coefficient (Wildman–Crippen LogP) is -0.878. The summed E-state index contributed by atoms with van der Waals surface area (Å²) in [5, 5.41) is 4.87. The number of hydrogen-bond donors (Lipinski definition) is 3. The Morgan fingerprint density at radius 1 is 1.73 bits per heavy atom. The van der Waals surface area contributed by atoms with Gasteiger partial charge in [-0.05, 0) is 6.08 Å². The Labute approximate surface area is 66.5 Å². The molecule has 4 nitrogen and oxygen atoms in total. The number of rotatable bonds is 1. The summed E-state index contributed by atoms with van der Waals surface area (Å²) in [5.41, 5.74) is 6.94. The van der Waals surface area contributed by atoms with Crippen molar-refractivity contribution in [2.45, 2.75) is 0 Å². The minimum atomic E-state index is 0.541. The maximum absolute atomic E-state index is 5.66. The maximum Gasteiger partial charge on any atom is 0.0464 e. The molecule has 0 saturated carbocycles. The van der Waals surface area contributed by atoms with Crippen LogP contribution in [0.2, 0.25) is 0 Å². The van der Waals surface area contributed by atoms with E-state index in [0.717, 1.165) is 25.3 Å². The number of hydrogen-bond acceptors (Lipinski definition) is 4. The van der Waals surface area contributed by atoms with Gasteiger partial charge in [0.25, 0.3) is 0 Å². The Morgan fingerprint density at radius 3 is 3.00 bits per heavy atom. The first kappa shape index (κ1) is 8.10. The molecule has 1 rings (SSSR count). The molecule has 0 aromatic rings. The van der Waals surface area contributed by atoms with Gasteiger partial charge < -0.3 is 16.1 Å². The van der Waals surface area contributed by atoms with Crippen LogP contribution < -0.4 is 16.9 Å². The Balaban J connectivity index is 2.60. The lowest BCUT2D eigenvalue weighted by molar-refractivity contribution is 0.311. The maximum atomic E-state index is 5.66. The molecule has 1 saturated heterocycles. The van der Waals surface area contributed by atoms with Gasteiger partial charge in [0.1, 0.15) is 0 Å². The zero-order chi connectivity index (χ0) is 8.27. The summed E-state index contributed by atoms with van der Waals surface area (Å²) in [5.74, 6) is 5.66. The highest BCUT2D eigenvalue weighted by Gasteiger charge is 2.09. The summed E-state index contributed by atoms with van der Waals surface area (Å²) in [6.07, 6.45) is 1.78. The molecule has 0 amide bonds. The van der Waals surface area contributed by atoms with Gasteiger partial charge in [-0.1, -0.05) is 6.58 Å². The molecule has 62 valence electrons. The molecule has 0 aliphatic carbocycles. The van der Waals surface area contributed by atoms with Crippen molar-refractivity contribution < 1.29 is 0 Å². The number of nitrogens with two attached hydrogens (primary N) is 2. The molecule has 1 aliphatic heterocycles. The van der Waals surface area contributed by atoms with Gasteiger partial charge in [0, 0.05) is 31.0 Å². The highest BCUT2D eigenvalue weighted by atomic mass is 15.4. The van der Waals surface area contributed by atoms with Crippen LogP contribution in [0.25, 0.3) is 0 Å². The summed E-state index contributed by atoms with van der Waals surface area (Å²) in [4.78, 5) is 0. The molecule has 0 spiro atoms. The lowest BCUT2D eigenvalue weighted by Crippen LogP contribution is -2.45. The van der Waals surface area contributed by atoms with Gasteiger partial charge in [-0.15, -0.1) is 0 Å². The second-order valence-electron chi connectivity index (χ2n) is 2.58. The molecule has 0 aromatic heterocycles. The molecule has 0 bridgehead atoms. The van der Waals surface area contributed by atoms with Crippen LogP contribution in [0.5, 0.6) is 0 Å². The number of hydrazine groups is 1. The minimum Gasteiger partial charge on any atom is -0.399 e. The van der Waals surface area contributed by atoms with E-state index in [4.69, 9.17) is 11.6 Å². The summed E-state index contributed by atoms with van der Waals surface area (Å²) >= 11 is 0. The van der Waals surface area contributed by atoms with Gasteiger partial charge in [-0.3, -0.25) is 0 Å². The van der Waals surface area contributed by atoms with Gasteiger partial charge in [0.15, 0.2) is 0 Å². The third-order valence-corrected chi connectivity index (χ3v) is 1.56. The normalized spacial score (nSPS) is 22.3. The van der Waals surface area contributed by atoms with Crippen LogP contribution in [0.4, 0.5) is 0 Å². The lowest BCUT2D eigenvalue weighted by atomic mass is 10.3. The number of nitrogens with one attached hydrogen (secondary N) is 1. The monoisotopic (exact) mass is 154 g/mol. The van der Waals surface area contributed by atoms with Crippen molar-refractivity contribution in [1.82, 2.24) is 10.3 Å². The SMILES string of the molecule is C=C(N)/C=C1/CNCCN1N. The van der Waals surface area contributed by atoms with Crippen LogP contribution in [0.1, 0.15) is 0 Å². The summed E-state index contributed by atoms with van der Waals surface area (Å²) in [7, 11) is 0. The van der Waals surface area contributed by atoms with Crippen molar-refractivity contribution in [3.8, 4) is 0 Å². The van der Waals surface area contributed by atoms with Gasteiger partial charge in [-0.25, -0.2) is 5.84 Å². The van der Waals surface area contributed by atoms with Crippen molar-refractivity contribution in [2.75, 3.05) is 19.6 Å². The van der Waals surface area contributed by atoms with Crippen LogP contribution in [0.3, 0.4) is 0 Å². The quantitative estimate of drug-likeness (QED) is 0.429. The zero-order valence-electron chi connectivity index (χ0n) is 6.51. The van der Waals surface area contributed by atoms with Crippen LogP contribution in [0.15, 0.2) is 24.0 Å². The van der Waals surface area contributed by atoms with E-state index in [1.54, 1.807) is 11.1 Å². The molecular weight excluding hydrogens is 140 g/mol. The van der Waals surface area contributed by atoms with Gasteiger partial charge in [0.2, 0.25) is 0 Å². The topological polar surface area (TPSA) is 67.3 Å². The van der Waals surface area contributed by atoms with Crippen molar-refractivity contribution in [3.05, 3.63) is 24.0 Å². The first-order valence-electron chi connectivity index (χ1n) is 3.58. The van der Waals surface area contributed by atoms with E-state index < -0.39 is 0 Å². The van der Waals surface area contributed by atoms with E-state index in [1.807, 2.05) is 0 Å². The Hall–Kier alpha value is -1.00. The van der Waals surface area contributed by atoms with Crippen LogP contribution in [-0.2, 0) is 0 Å². The third-order valence-electron chi connectivity index (χ3n) is 1.56. The predicted molar refractivity (Wildman–Crippen MR) is 45.2 cm³/mol. The van der Waals surface area contributed by atoms with Crippen LogP contribution in [-0.4, -0.2) is 24.6 Å². The fourth-order valence-corrected chi connectivity index (χ4v) is 1.01. The molecule has 1 fully saturated rings. The highest BCUT2D eigenvalue weighted by molar-refractivity contribution is 5.18. The summed E-state index contributed by atoms with van der Waals surface area (Å²) < 4.78 is 0. The van der Waals surface area contributed by atoms with E-state index in [9.17, 15) is 0 Å². The molecule has 5 N–H and O–H groups in total. The van der Waals surface area contributed by atoms with Crippen molar-refractivity contribution in [1.29, 1.82) is 0 Å². The molecule has 4 heteroatoms. The third kappa shape index (κ3) is 2.25. The number of piperazine rings is 1. The molecule has 11 heavy (non-hydrogen) atoms. The van der Waals surface area contributed by atoms with E-state index in [2.05, 4.69) is 11.9 Å². The Bertz CT molecular complexity index is 185. The van der Waals surface area contributed by atoms with E-state index in [1.165, 1.54) is 0 Å². The summed E-state index contributed by atoms with van der Waals surface area (Å²) in [6.45, 7) is 6.09. The molecule has 0 aromatic carbocycles. The minimum absolute atomic E-state index is 0.541. The zero-order valence-corrected chi connectivity index (χ0v) is 6.51. The molecule has 0 radical (unpaired) electrons. The van der Waals surface area contributed by atoms with E-state index in [0.29, 0.717) is 5.70 Å². The molecule has 0 atom stereocenters. The van der Waals surface area contributed by atoms with Crippen LogP contribution in [0, 0.1) is 0 Å². The lowest BCUT2D eigenvalue weighted by Gasteiger charge is -2.27. The fraction of sp³-hybridized carbons (Fsp3) is 0.429. The second kappa shape index (κ2) is 3.41. The first-order valence-corrected chi connectivity index (χ1v) is 3.58. The standard InChI is InChI=1S/C7H14N4/c1-6(8)4-7-5-10-2-3-11(7)9/h4,10H,1-3,5,8-9H2/b7-4-. The Morgan fingerprint density at radius 2 is 2.45 bits per heavy atom. The van der Waals surface area contributed by atoms with Gasteiger partial charge in [-0.2, -0.15) is 0 Å². The second-order valence-corrected chi connectivity index (χ2v) is 2.58. The van der Waals surface area contributed by atoms with Gasteiger partial charge >= 0.3 is 0 Å². The average Bonchev–Trinajstić information content (AvgIpc) is 1.93. The van der Waals surface area contributed by atoms with Crippen LogP contribution >= 0.6 is 0 Å². The Kier molecular flexibility index (Phi) is 2.51. The number of nitrogens with zero attached hydrogens (tertiary/aromatic N) is 1. The molecule has 1 heterocycles. The molecule has 1 aliphatic rings. The average molecular weight is 154 g/mol. The molecule has 0 unspecified atom stereocenters. The van der Waals surface area contributed by atoms with Crippen molar-refractivity contribution in [2.24, 2.45) is 11.6 Å². The number of allylic oxidation sites excluding steroid dienone is 1. The first-order chi connectivity index (χ1) is 5.20. The van der Waals surface area contributed by atoms with E-state index in [-0.39, 0.29) is 0 Å². The van der Waals surface area contributed by atoms with E-state index >= 15 is 0 Å². The largest absolute Gasteiger partial charge is 0.399 e. The summed E-state index contributed by atoms with van der Waals surface area (Å²) in [6, 6.07) is 0. The van der Waals surface area contributed by atoms with Crippen molar-refractivity contribution in [3.63, 3.8) is 0 Å². The van der Waals surface area contributed by atoms with Gasteiger partial charge in [0.05, 0.1) is 0 Å². The molecular formula is C7H14N4. The van der Waals surface area contributed by atoms with Crippen molar-refractivity contribution >= 4 is 0 Å². The highest BCUT2D eigenvalue weighted by Crippen LogP contribution is 2.02. The fourth-order valence-electron chi connectivity index (χ4n) is 1.01. The smallest absolute Gasteiger partial charge is 0.0464 e.